The number of aliphatic hydroxyl groups excluding tert-OH is 4. The summed E-state index contributed by atoms with van der Waals surface area (Å²) in [5.41, 5.74) is 20.0. The van der Waals surface area contributed by atoms with E-state index in [9.17, 15) is 58.8 Å². The molecule has 10 heterocycles. The van der Waals surface area contributed by atoms with Crippen LogP contribution in [-0.4, -0.2) is 157 Å². The van der Waals surface area contributed by atoms with E-state index in [0.29, 0.717) is 16.5 Å². The molecule has 6 aliphatic heterocycles. The van der Waals surface area contributed by atoms with Crippen LogP contribution >= 0.6 is 22.6 Å². The number of fused-ring (bicyclic) bond motifs is 2. The summed E-state index contributed by atoms with van der Waals surface area (Å²) in [5.74, 6) is -2.28. The van der Waals surface area contributed by atoms with Gasteiger partial charge in [0.2, 0.25) is 0 Å². The van der Waals surface area contributed by atoms with Crippen molar-refractivity contribution in [3.63, 3.8) is 0 Å². The maximum absolute atomic E-state index is 12.2. The van der Waals surface area contributed by atoms with Crippen LogP contribution in [0.15, 0.2) is 78.0 Å². The summed E-state index contributed by atoms with van der Waals surface area (Å²) in [6.07, 6.45) is -10.9. The zero-order valence-corrected chi connectivity index (χ0v) is 48.5. The predicted octanol–water partition coefficient (Wildman–Crippen LogP) is 0.526. The van der Waals surface area contributed by atoms with Crippen molar-refractivity contribution in [2.75, 3.05) is 13.7 Å². The van der Waals surface area contributed by atoms with Gasteiger partial charge in [-0.15, -0.1) is 0 Å². The number of aromatic nitrogens is 8. The van der Waals surface area contributed by atoms with Crippen LogP contribution in [-0.2, 0) is 42.6 Å². The van der Waals surface area contributed by atoms with Gasteiger partial charge in [0.25, 0.3) is 22.2 Å². The molecule has 6 saturated heterocycles. The van der Waals surface area contributed by atoms with Crippen LogP contribution in [0.4, 0.5) is 17.5 Å². The third-order valence-electron chi connectivity index (χ3n) is 13.7. The molecule has 4 unspecified atom stereocenters. The monoisotopic (exact) mass is 1310 g/mol. The molecule has 16 atom stereocenters. The summed E-state index contributed by atoms with van der Waals surface area (Å²) in [4.78, 5) is 109. The van der Waals surface area contributed by atoms with Crippen molar-refractivity contribution in [1.82, 2.24) is 38.2 Å². The summed E-state index contributed by atoms with van der Waals surface area (Å²) < 4.78 is 55.5. The molecule has 38 nitrogen and oxygen atoms in total. The number of methoxy groups -OCH3 is 1. The number of nitrogens with one attached hydrogen (secondary N) is 4. The molecule has 8 N–H and O–H groups in total. The molecule has 6 fully saturated rings. The molecule has 85 heavy (non-hydrogen) atoms. The lowest BCUT2D eigenvalue weighted by Gasteiger charge is -2.25. The van der Waals surface area contributed by atoms with Crippen molar-refractivity contribution in [1.29, 1.82) is 0 Å². The molecule has 0 radical (unpaired) electrons. The first kappa shape index (κ1) is 65.4. The van der Waals surface area contributed by atoms with Gasteiger partial charge in [-0.05, 0) is 101 Å². The Hall–Kier alpha value is -7.14. The lowest BCUT2D eigenvalue weighted by Crippen LogP contribution is -2.39. The van der Waals surface area contributed by atoms with Gasteiger partial charge in [-0.25, -0.2) is 19.2 Å². The summed E-state index contributed by atoms with van der Waals surface area (Å²) in [6, 6.07) is 4.19. The van der Waals surface area contributed by atoms with E-state index in [1.807, 2.05) is 60.3 Å². The molecule has 0 saturated carbocycles. The Morgan fingerprint density at radius 2 is 0.800 bits per heavy atom. The highest BCUT2D eigenvalue weighted by molar-refractivity contribution is 14.1. The topological polar surface area (TPSA) is 530 Å². The molecule has 6 aliphatic rings. The normalized spacial score (nSPS) is 30.8. The Balaban J connectivity index is 0.000000163. The lowest BCUT2D eigenvalue weighted by molar-refractivity contribution is -0.197. The van der Waals surface area contributed by atoms with Gasteiger partial charge in [-0.2, -0.15) is 0 Å². The number of nitrogens with zero attached hydrogens (tertiary/aromatic N) is 13. The molecule has 10 rings (SSSR count). The highest BCUT2D eigenvalue weighted by Crippen LogP contribution is 2.45. The Kier molecular flexibility index (Phi) is 20.8. The molecule has 462 valence electrons. The molecule has 4 aromatic rings. The zero-order valence-electron chi connectivity index (χ0n) is 46.3. The molecular weight excluding hydrogens is 1250 g/mol. The summed E-state index contributed by atoms with van der Waals surface area (Å²) in [6.45, 7) is 12.9. The van der Waals surface area contributed by atoms with E-state index < -0.39 is 124 Å². The highest BCUT2D eigenvalue weighted by atomic mass is 127. The average Bonchev–Trinajstić information content (AvgIpc) is 1.85. The van der Waals surface area contributed by atoms with Crippen molar-refractivity contribution >= 4 is 40.0 Å². The molecule has 0 bridgehead atoms. The zero-order chi connectivity index (χ0) is 62.6. The van der Waals surface area contributed by atoms with E-state index >= 15 is 0 Å². The van der Waals surface area contributed by atoms with Crippen molar-refractivity contribution in [3.05, 3.63) is 143 Å². The molecule has 0 aromatic carbocycles. The van der Waals surface area contributed by atoms with Crippen LogP contribution in [0.25, 0.3) is 31.3 Å². The number of hydrogen-bond donors (Lipinski definition) is 8. The van der Waals surface area contributed by atoms with E-state index in [2.05, 4.69) is 40.0 Å². The second-order valence-corrected chi connectivity index (χ2v) is 21.3. The maximum atomic E-state index is 12.2. The lowest BCUT2D eigenvalue weighted by atomic mass is 10.1. The standard InChI is InChI=1S/C13H17IN2O5.C13H17N5O5.C10H13N5O6.C10H13N5O5/c1-4-6-9-10(21-13(2,3)20-9)11(19-6)16-7(14)5-8(17)15-12(16)18;1-4-6-9-10(23-13(2,3)22-9)11(21-6)18-7(16-17-14)5-8(19)15-12(18)20;1-20-3-4-7(17)8(18)9(21-4)15-5(13-14-11)2-6(16)12-10(15)19;1-2-4-7(17)8(18)9(20-4)15-5(13-14-11)3-6(16)12-10(15)19/h5-6,9-11H,4H2,1-3H3,(H,15,17,18);5-6,9-11H,4H2,1-3H3,(H,15,19,20);2,4,7-9,17-18H,3H2,1H3,(H,12,16,19);3-4,7-9,17-18H,2H2,1H3,(H,12,16,19)/t2*6-,9+,10?,11-;2*4-,7+,8?,9-/m1111/s1. The number of azide groups is 3. The quantitative estimate of drug-likeness (QED) is 0.0315. The van der Waals surface area contributed by atoms with Crippen LogP contribution in [0.1, 0.15) is 92.6 Å². The van der Waals surface area contributed by atoms with Gasteiger partial charge in [0.1, 0.15) is 72.4 Å². The number of aromatic amines is 4. The maximum Gasteiger partial charge on any atom is 0.331 e. The van der Waals surface area contributed by atoms with Gasteiger partial charge in [0.05, 0.1) is 28.6 Å². The number of H-pyrrole nitrogens is 4. The fourth-order valence-corrected chi connectivity index (χ4v) is 11.0. The molecule has 0 spiro atoms. The van der Waals surface area contributed by atoms with Crippen molar-refractivity contribution in [2.24, 2.45) is 15.3 Å². The van der Waals surface area contributed by atoms with E-state index in [0.717, 1.165) is 38.3 Å². The van der Waals surface area contributed by atoms with Gasteiger partial charge in [0.15, 0.2) is 36.5 Å². The fraction of sp³-hybridized carbons (Fsp3) is 0.652. The number of ether oxygens (including phenoxy) is 9. The van der Waals surface area contributed by atoms with Gasteiger partial charge in [-0.3, -0.25) is 57.4 Å². The van der Waals surface area contributed by atoms with Gasteiger partial charge < -0.3 is 63.1 Å². The molecule has 0 amide bonds. The second-order valence-electron chi connectivity index (χ2n) is 20.2. The highest BCUT2D eigenvalue weighted by Gasteiger charge is 2.57. The van der Waals surface area contributed by atoms with E-state index in [4.69, 9.17) is 59.2 Å². The largest absolute Gasteiger partial charge is 0.388 e. The van der Waals surface area contributed by atoms with Crippen LogP contribution in [0, 0.1) is 3.70 Å². The minimum absolute atomic E-state index is 0.0102. The van der Waals surface area contributed by atoms with Crippen LogP contribution in [0.5, 0.6) is 0 Å². The first-order valence-corrected chi connectivity index (χ1v) is 27.0. The van der Waals surface area contributed by atoms with Gasteiger partial charge in [-0.1, -0.05) is 20.8 Å². The summed E-state index contributed by atoms with van der Waals surface area (Å²) in [7, 11) is 1.38. The Morgan fingerprint density at radius 3 is 1.14 bits per heavy atom. The summed E-state index contributed by atoms with van der Waals surface area (Å²) in [5, 5.41) is 49.4. The van der Waals surface area contributed by atoms with Crippen molar-refractivity contribution in [2.45, 2.75) is 177 Å². The Labute approximate surface area is 488 Å². The predicted molar refractivity (Wildman–Crippen MR) is 294 cm³/mol. The number of hydrogen-bond acceptors (Lipinski definition) is 24. The van der Waals surface area contributed by atoms with Crippen LogP contribution < -0.4 is 45.0 Å². The fourth-order valence-electron chi connectivity index (χ4n) is 10.2. The number of rotatable bonds is 12. The smallest absolute Gasteiger partial charge is 0.331 e. The number of aliphatic hydroxyl groups is 4. The summed E-state index contributed by atoms with van der Waals surface area (Å²) >= 11 is 1.95. The second kappa shape index (κ2) is 27.1. The Morgan fingerprint density at radius 1 is 0.494 bits per heavy atom. The van der Waals surface area contributed by atoms with Crippen molar-refractivity contribution in [3.8, 4) is 0 Å². The SMILES string of the molecule is CC[C@H]1O[C@@H](n2c(I)cc(=O)[nH]c2=O)C2OC(C)(C)O[C@H]21.CC[C@H]1O[C@@H](n2c(N=[N+]=[N-])cc(=O)[nH]c2=O)C(O)[C@H]1O.CC[C@H]1O[C@@H](n2c(N=[N+]=[N-])cc(=O)[nH]c2=O)C2OC(C)(C)O[C@H]21.COC[C@H]1O[C@@H](n2c(N=[N+]=[N-])cc(=O)[nH]c2=O)C(O)[C@H]1O. The molecule has 39 heteroatoms. The number of halogens is 1. The third kappa shape index (κ3) is 14.1. The Bertz CT molecular complexity index is 3750. The van der Waals surface area contributed by atoms with E-state index in [1.54, 1.807) is 20.8 Å². The first-order valence-electron chi connectivity index (χ1n) is 26.0. The molecule has 0 aliphatic carbocycles. The van der Waals surface area contributed by atoms with Crippen LogP contribution in [0.3, 0.4) is 0 Å². The van der Waals surface area contributed by atoms with Crippen molar-refractivity contribution < 1.29 is 63.1 Å². The molecule has 4 aromatic heterocycles. The third-order valence-corrected chi connectivity index (χ3v) is 14.6. The average molecular weight is 1310 g/mol. The minimum atomic E-state index is -1.46. The van der Waals surface area contributed by atoms with E-state index in [-0.39, 0.29) is 54.6 Å². The minimum Gasteiger partial charge on any atom is -0.388 e. The van der Waals surface area contributed by atoms with Crippen LogP contribution in [0.2, 0.25) is 0 Å². The van der Waals surface area contributed by atoms with Gasteiger partial charge in [0, 0.05) is 46.1 Å². The van der Waals surface area contributed by atoms with Gasteiger partial charge >= 0.3 is 22.8 Å². The molecular formula is C46H60IN17O21. The van der Waals surface area contributed by atoms with E-state index in [1.165, 1.54) is 17.7 Å². The first-order chi connectivity index (χ1) is 40.2.